The van der Waals surface area contributed by atoms with Gasteiger partial charge in [0.1, 0.15) is 4.91 Å². The zero-order valence-corrected chi connectivity index (χ0v) is 9.98. The fourth-order valence-electron chi connectivity index (χ4n) is 0.394. The van der Waals surface area contributed by atoms with Crippen molar-refractivity contribution < 1.29 is 35.8 Å². The van der Waals surface area contributed by atoms with Gasteiger partial charge in [-0.05, 0) is 13.8 Å². The molecule has 0 rings (SSSR count). The molecular formula is C6H16N3O3Pt+. The van der Waals surface area contributed by atoms with E-state index in [1.54, 1.807) is 13.8 Å². The van der Waals surface area contributed by atoms with Gasteiger partial charge >= 0.3 is 5.09 Å². The van der Waals surface area contributed by atoms with Crippen LogP contribution in [0.3, 0.4) is 0 Å². The molecule has 0 aliphatic carbocycles. The van der Waals surface area contributed by atoms with Crippen LogP contribution in [0.4, 0.5) is 0 Å². The van der Waals surface area contributed by atoms with Crippen LogP contribution in [-0.2, 0) is 30.7 Å². The number of nitrogens with two attached hydrogens (primary N) is 2. The zero-order valence-electron chi connectivity index (χ0n) is 7.71. The number of rotatable bonds is 6. The average molecular weight is 373 g/mol. The van der Waals surface area contributed by atoms with Crippen molar-refractivity contribution in [1.29, 1.82) is 0 Å². The third-order valence-electron chi connectivity index (χ3n) is 0.886. The van der Waals surface area contributed by atoms with Crippen LogP contribution in [0.1, 0.15) is 13.8 Å². The maximum absolute atomic E-state index is 10.6. The van der Waals surface area contributed by atoms with E-state index in [2.05, 4.69) is 9.68 Å². The van der Waals surface area contributed by atoms with Gasteiger partial charge in [-0.25, -0.2) is 0 Å². The van der Waals surface area contributed by atoms with Crippen LogP contribution in [0, 0.1) is 4.91 Å². The molecule has 0 saturated heterocycles. The topological polar surface area (TPSA) is 90.6 Å². The predicted molar refractivity (Wildman–Crippen MR) is 42.8 cm³/mol. The molecule has 82 valence electrons. The second kappa shape index (κ2) is 8.41. The molecule has 13 heavy (non-hydrogen) atoms. The molecule has 2 atom stereocenters. The molecule has 0 bridgehead atoms. The summed E-state index contributed by atoms with van der Waals surface area (Å²) in [5, 5.41) is 0.0344. The maximum atomic E-state index is 10.6. The average Bonchev–Trinajstić information content (AvgIpc) is 1.96. The molecule has 0 spiro atoms. The van der Waals surface area contributed by atoms with Gasteiger partial charge in [0.2, 0.25) is 0 Å². The standard InChI is InChI=1S/C6H16N3O3.Pt/c1-5(7)3-11-9(10)12-4-6(2)8;/h5-6H,3-4,7-8H2,1-2H3;/q+1;. The van der Waals surface area contributed by atoms with E-state index in [0.29, 0.717) is 0 Å². The van der Waals surface area contributed by atoms with Crippen LogP contribution in [0.2, 0.25) is 0 Å². The molecule has 0 aromatic rings. The summed E-state index contributed by atoms with van der Waals surface area (Å²) in [7, 11) is 0. The molecule has 0 aromatic carbocycles. The van der Waals surface area contributed by atoms with Gasteiger partial charge in [0.25, 0.3) is 0 Å². The first-order valence-corrected chi connectivity index (χ1v) is 3.76. The Labute approximate surface area is 91.7 Å². The Balaban J connectivity index is 0. The minimum Gasteiger partial charge on any atom is -0.325 e. The molecule has 2 unspecified atom stereocenters. The van der Waals surface area contributed by atoms with E-state index in [-0.39, 0.29) is 51.4 Å². The summed E-state index contributed by atoms with van der Waals surface area (Å²) in [4.78, 5) is 19.7. The Hall–Kier alpha value is -0.192. The van der Waals surface area contributed by atoms with E-state index in [1.165, 1.54) is 0 Å². The van der Waals surface area contributed by atoms with Gasteiger partial charge in [-0.1, -0.05) is 0 Å². The minimum atomic E-state index is -0.194. The molecular weight excluding hydrogens is 357 g/mol. The van der Waals surface area contributed by atoms with Crippen molar-refractivity contribution in [3.05, 3.63) is 4.91 Å². The number of hydrogen-bond donors (Lipinski definition) is 2. The number of nitrogens with zero attached hydrogens (tertiary/aromatic N) is 1. The molecule has 7 heteroatoms. The molecule has 6 nitrogen and oxygen atoms in total. The van der Waals surface area contributed by atoms with Crippen LogP contribution in [0.25, 0.3) is 0 Å². The molecule has 0 amide bonds. The van der Waals surface area contributed by atoms with Gasteiger partial charge in [0.15, 0.2) is 13.2 Å². The Morgan fingerprint density at radius 1 is 1.15 bits per heavy atom. The van der Waals surface area contributed by atoms with Crippen LogP contribution in [-0.4, -0.2) is 30.4 Å². The molecule has 0 aliphatic rings. The first kappa shape index (κ1) is 15.3. The van der Waals surface area contributed by atoms with Crippen molar-refractivity contribution in [2.24, 2.45) is 11.5 Å². The second-order valence-electron chi connectivity index (χ2n) is 2.77. The SMILES string of the molecule is CC(N)CO[N+](=O)OCC(C)N.[Pt]. The molecule has 0 aromatic heterocycles. The fraction of sp³-hybridized carbons (Fsp3) is 1.00. The first-order chi connectivity index (χ1) is 5.52. The first-order valence-electron chi connectivity index (χ1n) is 3.76. The molecule has 0 fully saturated rings. The van der Waals surface area contributed by atoms with Crippen LogP contribution >= 0.6 is 0 Å². The van der Waals surface area contributed by atoms with Crippen LogP contribution in [0.15, 0.2) is 0 Å². The third kappa shape index (κ3) is 11.8. The van der Waals surface area contributed by atoms with Gasteiger partial charge < -0.3 is 11.5 Å². The summed E-state index contributed by atoms with van der Waals surface area (Å²) in [6, 6.07) is -0.388. The molecule has 0 aliphatic heterocycles. The second-order valence-corrected chi connectivity index (χ2v) is 2.77. The van der Waals surface area contributed by atoms with E-state index in [9.17, 15) is 4.91 Å². The Morgan fingerprint density at radius 3 is 1.69 bits per heavy atom. The van der Waals surface area contributed by atoms with E-state index < -0.39 is 0 Å². The van der Waals surface area contributed by atoms with Crippen molar-refractivity contribution in [3.63, 3.8) is 0 Å². The Bertz CT molecular complexity index is 129. The van der Waals surface area contributed by atoms with Crippen molar-refractivity contribution in [2.45, 2.75) is 25.9 Å². The third-order valence-corrected chi connectivity index (χ3v) is 0.886. The Morgan fingerprint density at radius 2 is 1.46 bits per heavy atom. The number of hydrogen-bond acceptors (Lipinski definition) is 5. The van der Waals surface area contributed by atoms with Crippen LogP contribution < -0.4 is 11.5 Å². The van der Waals surface area contributed by atoms with Crippen molar-refractivity contribution >= 4 is 0 Å². The monoisotopic (exact) mass is 373 g/mol. The van der Waals surface area contributed by atoms with E-state index >= 15 is 0 Å². The summed E-state index contributed by atoms with van der Waals surface area (Å²) in [5.41, 5.74) is 10.7. The summed E-state index contributed by atoms with van der Waals surface area (Å²) in [6.07, 6.45) is 0. The zero-order chi connectivity index (χ0) is 9.56. The molecule has 0 radical (unpaired) electrons. The van der Waals surface area contributed by atoms with Gasteiger partial charge in [0, 0.05) is 33.1 Å². The largest absolute Gasteiger partial charge is 0.477 e. The van der Waals surface area contributed by atoms with Gasteiger partial charge in [-0.15, -0.1) is 0 Å². The van der Waals surface area contributed by atoms with E-state index in [4.69, 9.17) is 11.5 Å². The van der Waals surface area contributed by atoms with Crippen molar-refractivity contribution in [1.82, 2.24) is 0 Å². The van der Waals surface area contributed by atoms with Gasteiger partial charge in [0.05, 0.1) is 0 Å². The van der Waals surface area contributed by atoms with Crippen molar-refractivity contribution in [3.8, 4) is 0 Å². The summed E-state index contributed by atoms with van der Waals surface area (Å²) in [5.74, 6) is 0. The summed E-state index contributed by atoms with van der Waals surface area (Å²) >= 11 is 0. The summed E-state index contributed by atoms with van der Waals surface area (Å²) < 4.78 is 0. The summed E-state index contributed by atoms with van der Waals surface area (Å²) in [6.45, 7) is 3.70. The molecule has 0 saturated carbocycles. The van der Waals surface area contributed by atoms with Crippen LogP contribution in [0.5, 0.6) is 0 Å². The smallest absolute Gasteiger partial charge is 0.325 e. The fourth-order valence-corrected chi connectivity index (χ4v) is 0.394. The normalized spacial score (nSPS) is 13.8. The van der Waals surface area contributed by atoms with Gasteiger partial charge in [-0.2, -0.15) is 9.68 Å². The van der Waals surface area contributed by atoms with Gasteiger partial charge in [-0.3, -0.25) is 0 Å². The van der Waals surface area contributed by atoms with Crippen molar-refractivity contribution in [2.75, 3.05) is 13.2 Å². The van der Waals surface area contributed by atoms with E-state index in [1.807, 2.05) is 0 Å². The predicted octanol–water partition coefficient (Wildman–Crippen LogP) is -0.680. The Kier molecular flexibility index (Phi) is 9.89. The molecule has 0 heterocycles. The minimum absolute atomic E-state index is 0. The van der Waals surface area contributed by atoms with E-state index in [0.717, 1.165) is 0 Å². The molecule has 4 N–H and O–H groups in total. The maximum Gasteiger partial charge on any atom is 0.477 e. The quantitative estimate of drug-likeness (QED) is 0.603.